The highest BCUT2D eigenvalue weighted by atomic mass is 16.5. The fraction of sp³-hybridized carbons (Fsp3) is 0.143. The van der Waals surface area contributed by atoms with Gasteiger partial charge in [0.15, 0.2) is 5.65 Å². The van der Waals surface area contributed by atoms with Gasteiger partial charge in [-0.05, 0) is 36.4 Å². The van der Waals surface area contributed by atoms with Crippen LogP contribution in [0.3, 0.4) is 0 Å². The van der Waals surface area contributed by atoms with Crippen LogP contribution in [-0.4, -0.2) is 45.8 Å². The van der Waals surface area contributed by atoms with Crippen molar-refractivity contribution in [3.63, 3.8) is 0 Å². The van der Waals surface area contributed by atoms with Gasteiger partial charge in [0, 0.05) is 36.8 Å². The fourth-order valence-corrected chi connectivity index (χ4v) is 2.96. The molecule has 3 heterocycles. The molecule has 152 valence electrons. The Balaban J connectivity index is 1.73. The number of carbonyl (C=O) groups is 1. The van der Waals surface area contributed by atoms with Crippen LogP contribution < -0.4 is 15.8 Å². The van der Waals surface area contributed by atoms with Gasteiger partial charge >= 0.3 is 0 Å². The van der Waals surface area contributed by atoms with E-state index in [1.165, 1.54) is 0 Å². The number of anilines is 2. The number of nitrogens with one attached hydrogen (secondary N) is 1. The molecule has 0 saturated heterocycles. The molecule has 0 fully saturated rings. The van der Waals surface area contributed by atoms with Crippen LogP contribution in [-0.2, 0) is 4.74 Å². The molecule has 0 aliphatic rings. The second kappa shape index (κ2) is 8.58. The van der Waals surface area contributed by atoms with E-state index in [0.29, 0.717) is 36.0 Å². The van der Waals surface area contributed by atoms with Crippen LogP contribution in [0.15, 0.2) is 61.1 Å². The molecule has 0 spiro atoms. The van der Waals surface area contributed by atoms with Crippen LogP contribution in [0.2, 0.25) is 0 Å². The molecule has 9 heteroatoms. The highest BCUT2D eigenvalue weighted by molar-refractivity contribution is 5.98. The molecule has 1 amide bonds. The number of imidazole rings is 1. The Labute approximate surface area is 172 Å². The largest absolute Gasteiger partial charge is 0.491 e. The molecule has 4 rings (SSSR count). The van der Waals surface area contributed by atoms with Gasteiger partial charge in [0.2, 0.25) is 0 Å². The quantitative estimate of drug-likeness (QED) is 0.434. The van der Waals surface area contributed by atoms with Crippen LogP contribution in [0.5, 0.6) is 5.75 Å². The van der Waals surface area contributed by atoms with Crippen LogP contribution in [0, 0.1) is 0 Å². The Morgan fingerprint density at radius 3 is 2.83 bits per heavy atom. The van der Waals surface area contributed by atoms with Gasteiger partial charge in [-0.25, -0.2) is 14.5 Å². The van der Waals surface area contributed by atoms with Gasteiger partial charge < -0.3 is 20.5 Å². The molecular weight excluding hydrogens is 384 g/mol. The van der Waals surface area contributed by atoms with Gasteiger partial charge in [0.25, 0.3) is 5.91 Å². The third kappa shape index (κ3) is 4.20. The average Bonchev–Trinajstić information content (AvgIpc) is 3.18. The van der Waals surface area contributed by atoms with Crippen molar-refractivity contribution < 1.29 is 14.3 Å². The number of benzene rings is 1. The van der Waals surface area contributed by atoms with Crippen molar-refractivity contribution in [3.8, 4) is 17.0 Å². The van der Waals surface area contributed by atoms with E-state index in [4.69, 9.17) is 15.2 Å². The molecule has 0 radical (unpaired) electrons. The zero-order valence-corrected chi connectivity index (χ0v) is 16.3. The molecule has 0 aliphatic heterocycles. The standard InChI is InChI=1S/C21H20N6O3/c1-29-8-9-30-16-11-14(18-13-27-19(26-18)5-3-7-24-27)10-15(12-16)25-21-17(20(22)28)4-2-6-23-21/h2-7,10-13H,8-9H2,1H3,(H2,22,28)(H,23,25). The first-order chi connectivity index (χ1) is 14.6. The monoisotopic (exact) mass is 404 g/mol. The third-order valence-corrected chi connectivity index (χ3v) is 4.33. The lowest BCUT2D eigenvalue weighted by molar-refractivity contribution is 0.100. The van der Waals surface area contributed by atoms with E-state index in [-0.39, 0.29) is 0 Å². The Morgan fingerprint density at radius 1 is 1.17 bits per heavy atom. The topological polar surface area (TPSA) is 117 Å². The number of aromatic nitrogens is 4. The third-order valence-electron chi connectivity index (χ3n) is 4.33. The number of hydrogen-bond acceptors (Lipinski definition) is 7. The summed E-state index contributed by atoms with van der Waals surface area (Å²) in [5.41, 5.74) is 8.70. The van der Waals surface area contributed by atoms with Gasteiger partial charge in [-0.1, -0.05) is 0 Å². The summed E-state index contributed by atoms with van der Waals surface area (Å²) < 4.78 is 12.6. The van der Waals surface area contributed by atoms with E-state index in [0.717, 1.165) is 16.9 Å². The maximum atomic E-state index is 11.7. The molecule has 0 aliphatic carbocycles. The zero-order chi connectivity index (χ0) is 20.9. The summed E-state index contributed by atoms with van der Waals surface area (Å²) in [5.74, 6) is 0.417. The molecule has 3 N–H and O–H groups in total. The van der Waals surface area contributed by atoms with Crippen LogP contribution in [0.1, 0.15) is 10.4 Å². The number of amides is 1. The van der Waals surface area contributed by atoms with Crippen LogP contribution in [0.4, 0.5) is 11.5 Å². The summed E-state index contributed by atoms with van der Waals surface area (Å²) in [6.45, 7) is 0.847. The number of pyridine rings is 1. The number of primary amides is 1. The highest BCUT2D eigenvalue weighted by Gasteiger charge is 2.12. The summed E-state index contributed by atoms with van der Waals surface area (Å²) in [6.07, 6.45) is 5.12. The van der Waals surface area contributed by atoms with E-state index in [9.17, 15) is 4.79 Å². The minimum Gasteiger partial charge on any atom is -0.491 e. The SMILES string of the molecule is COCCOc1cc(Nc2ncccc2C(N)=O)cc(-c2cn3ncccc3n2)c1. The number of fused-ring (bicyclic) bond motifs is 1. The molecule has 3 aromatic heterocycles. The van der Waals surface area contributed by atoms with E-state index < -0.39 is 5.91 Å². The molecule has 0 unspecified atom stereocenters. The second-order valence-electron chi connectivity index (χ2n) is 6.43. The maximum absolute atomic E-state index is 11.7. The Morgan fingerprint density at radius 2 is 2.03 bits per heavy atom. The number of rotatable bonds is 8. The molecule has 9 nitrogen and oxygen atoms in total. The number of hydrogen-bond donors (Lipinski definition) is 2. The van der Waals surface area contributed by atoms with Gasteiger partial charge in [-0.2, -0.15) is 5.10 Å². The lowest BCUT2D eigenvalue weighted by Crippen LogP contribution is -2.14. The fourth-order valence-electron chi connectivity index (χ4n) is 2.96. The van der Waals surface area contributed by atoms with Crippen molar-refractivity contribution in [2.75, 3.05) is 25.6 Å². The van der Waals surface area contributed by atoms with Crippen molar-refractivity contribution in [2.45, 2.75) is 0 Å². The minimum absolute atomic E-state index is 0.293. The number of carbonyl (C=O) groups excluding carboxylic acids is 1. The summed E-state index contributed by atoms with van der Waals surface area (Å²) in [5, 5.41) is 7.42. The molecule has 1 aromatic carbocycles. The van der Waals surface area contributed by atoms with Crippen molar-refractivity contribution in [2.24, 2.45) is 5.73 Å². The molecule has 0 bridgehead atoms. The summed E-state index contributed by atoms with van der Waals surface area (Å²) >= 11 is 0. The molecule has 4 aromatic rings. The molecular formula is C21H20N6O3. The van der Waals surface area contributed by atoms with Crippen molar-refractivity contribution in [1.82, 2.24) is 19.6 Å². The highest BCUT2D eigenvalue weighted by Crippen LogP contribution is 2.30. The van der Waals surface area contributed by atoms with E-state index in [1.807, 2.05) is 36.5 Å². The average molecular weight is 404 g/mol. The first-order valence-electron chi connectivity index (χ1n) is 9.23. The summed E-state index contributed by atoms with van der Waals surface area (Å²) in [4.78, 5) is 20.6. The van der Waals surface area contributed by atoms with Crippen LogP contribution >= 0.6 is 0 Å². The minimum atomic E-state index is -0.565. The number of nitrogens with two attached hydrogens (primary N) is 1. The number of nitrogens with zero attached hydrogens (tertiary/aromatic N) is 4. The van der Waals surface area contributed by atoms with Crippen molar-refractivity contribution >= 4 is 23.1 Å². The maximum Gasteiger partial charge on any atom is 0.252 e. The summed E-state index contributed by atoms with van der Waals surface area (Å²) in [7, 11) is 1.61. The summed E-state index contributed by atoms with van der Waals surface area (Å²) in [6, 6.07) is 12.6. The van der Waals surface area contributed by atoms with Gasteiger partial charge in [-0.15, -0.1) is 0 Å². The molecule has 0 saturated carbocycles. The Hall–Kier alpha value is -3.98. The number of ether oxygens (including phenoxy) is 2. The lowest BCUT2D eigenvalue weighted by atomic mass is 10.1. The van der Waals surface area contributed by atoms with E-state index in [1.54, 1.807) is 36.2 Å². The second-order valence-corrected chi connectivity index (χ2v) is 6.43. The van der Waals surface area contributed by atoms with E-state index >= 15 is 0 Å². The van der Waals surface area contributed by atoms with Crippen molar-refractivity contribution in [3.05, 3.63) is 66.6 Å². The van der Waals surface area contributed by atoms with Crippen LogP contribution in [0.25, 0.3) is 16.9 Å². The molecule has 0 atom stereocenters. The zero-order valence-electron chi connectivity index (χ0n) is 16.3. The van der Waals surface area contributed by atoms with Gasteiger partial charge in [-0.3, -0.25) is 4.79 Å². The predicted molar refractivity (Wildman–Crippen MR) is 112 cm³/mol. The Bertz CT molecular complexity index is 1160. The normalized spacial score (nSPS) is 10.8. The first-order valence-corrected chi connectivity index (χ1v) is 9.23. The van der Waals surface area contributed by atoms with Gasteiger partial charge in [0.1, 0.15) is 18.2 Å². The first kappa shape index (κ1) is 19.3. The Kier molecular flexibility index (Phi) is 5.53. The van der Waals surface area contributed by atoms with Gasteiger partial charge in [0.05, 0.1) is 24.1 Å². The smallest absolute Gasteiger partial charge is 0.252 e. The van der Waals surface area contributed by atoms with Crippen molar-refractivity contribution in [1.29, 1.82) is 0 Å². The number of methoxy groups -OCH3 is 1. The molecule has 30 heavy (non-hydrogen) atoms. The van der Waals surface area contributed by atoms with E-state index in [2.05, 4.69) is 20.4 Å². The predicted octanol–water partition coefficient (Wildman–Crippen LogP) is 2.66. The lowest BCUT2D eigenvalue weighted by Gasteiger charge is -2.13.